The number of allylic oxidation sites excluding steroid dienone is 1. The van der Waals surface area contributed by atoms with Gasteiger partial charge in [-0.05, 0) is 12.8 Å². The van der Waals surface area contributed by atoms with Crippen molar-refractivity contribution in [2.24, 2.45) is 0 Å². The molecule has 1 fully saturated rings. The molecule has 2 aliphatic rings. The van der Waals surface area contributed by atoms with Crippen molar-refractivity contribution in [3.05, 3.63) is 11.6 Å². The number of nitrogens with one attached hydrogen (secondary N) is 2. The second kappa shape index (κ2) is 3.08. The summed E-state index contributed by atoms with van der Waals surface area (Å²) in [6.07, 6.45) is 2.59. The van der Waals surface area contributed by atoms with Crippen molar-refractivity contribution in [2.75, 3.05) is 7.11 Å². The first kappa shape index (κ1) is 9.70. The van der Waals surface area contributed by atoms with E-state index in [9.17, 15) is 14.4 Å². The summed E-state index contributed by atoms with van der Waals surface area (Å²) in [5.41, 5.74) is -0.988. The van der Waals surface area contributed by atoms with Crippen molar-refractivity contribution in [3.8, 4) is 0 Å². The zero-order chi connectivity index (χ0) is 11.1. The van der Waals surface area contributed by atoms with Gasteiger partial charge in [-0.25, -0.2) is 9.59 Å². The van der Waals surface area contributed by atoms with Gasteiger partial charge >= 0.3 is 12.0 Å². The number of methoxy groups -OCH3 is 1. The molecular formula is C9H10N2O4. The zero-order valence-corrected chi connectivity index (χ0v) is 8.12. The largest absolute Gasteiger partial charge is 0.466 e. The Morgan fingerprint density at radius 3 is 2.80 bits per heavy atom. The third kappa shape index (κ3) is 1.21. The van der Waals surface area contributed by atoms with Crippen molar-refractivity contribution in [1.29, 1.82) is 0 Å². The van der Waals surface area contributed by atoms with Gasteiger partial charge in [-0.3, -0.25) is 10.1 Å². The number of amides is 3. The van der Waals surface area contributed by atoms with Crippen LogP contribution >= 0.6 is 0 Å². The molecule has 15 heavy (non-hydrogen) atoms. The highest BCUT2D eigenvalue weighted by Crippen LogP contribution is 2.33. The van der Waals surface area contributed by atoms with E-state index < -0.39 is 23.4 Å². The lowest BCUT2D eigenvalue weighted by Crippen LogP contribution is -2.48. The van der Waals surface area contributed by atoms with Crippen LogP contribution in [-0.4, -0.2) is 30.6 Å². The van der Waals surface area contributed by atoms with Crippen molar-refractivity contribution < 1.29 is 19.1 Å². The summed E-state index contributed by atoms with van der Waals surface area (Å²) in [5, 5.41) is 4.60. The molecule has 0 bridgehead atoms. The minimum Gasteiger partial charge on any atom is -0.466 e. The first-order chi connectivity index (χ1) is 7.10. The van der Waals surface area contributed by atoms with Crippen molar-refractivity contribution in [1.82, 2.24) is 10.6 Å². The number of esters is 1. The van der Waals surface area contributed by atoms with Crippen molar-refractivity contribution >= 4 is 17.9 Å². The van der Waals surface area contributed by atoms with E-state index in [1.165, 1.54) is 7.11 Å². The normalized spacial score (nSPS) is 28.7. The molecule has 1 atom stereocenters. The Labute approximate surface area is 85.7 Å². The molecule has 2 rings (SSSR count). The van der Waals surface area contributed by atoms with E-state index in [4.69, 9.17) is 0 Å². The van der Waals surface area contributed by atoms with Crippen LogP contribution in [0.2, 0.25) is 0 Å². The number of imide groups is 1. The van der Waals surface area contributed by atoms with E-state index in [0.717, 1.165) is 0 Å². The van der Waals surface area contributed by atoms with Crippen molar-refractivity contribution in [3.63, 3.8) is 0 Å². The monoisotopic (exact) mass is 210 g/mol. The van der Waals surface area contributed by atoms with E-state index in [0.29, 0.717) is 12.8 Å². The molecule has 3 amide bonds. The topological polar surface area (TPSA) is 84.5 Å². The smallest absolute Gasteiger partial charge is 0.336 e. The lowest BCUT2D eigenvalue weighted by Gasteiger charge is -2.21. The second-order valence-electron chi connectivity index (χ2n) is 3.46. The Morgan fingerprint density at radius 2 is 2.27 bits per heavy atom. The van der Waals surface area contributed by atoms with Gasteiger partial charge in [-0.2, -0.15) is 0 Å². The highest BCUT2D eigenvalue weighted by molar-refractivity contribution is 6.14. The van der Waals surface area contributed by atoms with Gasteiger partial charge in [0.1, 0.15) is 0 Å². The highest BCUT2D eigenvalue weighted by atomic mass is 16.5. The Morgan fingerprint density at radius 1 is 1.53 bits per heavy atom. The van der Waals surface area contributed by atoms with Gasteiger partial charge in [0.05, 0.1) is 12.7 Å². The van der Waals surface area contributed by atoms with E-state index in [1.807, 2.05) is 0 Å². The summed E-state index contributed by atoms with van der Waals surface area (Å²) in [5.74, 6) is -1.06. The van der Waals surface area contributed by atoms with Crippen LogP contribution in [0.25, 0.3) is 0 Å². The summed E-state index contributed by atoms with van der Waals surface area (Å²) in [4.78, 5) is 34.1. The summed E-state index contributed by atoms with van der Waals surface area (Å²) < 4.78 is 4.57. The summed E-state index contributed by atoms with van der Waals surface area (Å²) in [7, 11) is 1.24. The molecule has 0 aromatic carbocycles. The summed E-state index contributed by atoms with van der Waals surface area (Å²) >= 11 is 0. The van der Waals surface area contributed by atoms with Crippen molar-refractivity contribution in [2.45, 2.75) is 18.4 Å². The molecule has 1 heterocycles. The highest BCUT2D eigenvalue weighted by Gasteiger charge is 2.53. The van der Waals surface area contributed by atoms with Gasteiger partial charge in [0.2, 0.25) is 0 Å². The molecule has 2 N–H and O–H groups in total. The Hall–Kier alpha value is -1.85. The summed E-state index contributed by atoms with van der Waals surface area (Å²) in [6, 6.07) is -0.572. The maximum absolute atomic E-state index is 11.6. The molecule has 1 aliphatic heterocycles. The molecule has 0 aromatic rings. The molecule has 1 saturated heterocycles. The minimum absolute atomic E-state index is 0.216. The fourth-order valence-corrected chi connectivity index (χ4v) is 1.97. The number of ether oxygens (including phenoxy) is 1. The lowest BCUT2D eigenvalue weighted by atomic mass is 9.91. The average Bonchev–Trinajstić information content (AvgIpc) is 2.72. The third-order valence-electron chi connectivity index (χ3n) is 2.67. The predicted octanol–water partition coefficient (Wildman–Crippen LogP) is -0.542. The van der Waals surface area contributed by atoms with Crippen LogP contribution in [0.5, 0.6) is 0 Å². The van der Waals surface area contributed by atoms with Gasteiger partial charge in [0.15, 0.2) is 5.54 Å². The molecule has 6 nitrogen and oxygen atoms in total. The number of hydrogen-bond acceptors (Lipinski definition) is 4. The SMILES string of the molecule is COC(=O)C1=CCC[C@@]12NC(=O)NC2=O. The Bertz CT molecular complexity index is 388. The molecule has 1 aliphatic carbocycles. The van der Waals surface area contributed by atoms with Crippen LogP contribution in [0, 0.1) is 0 Å². The molecule has 0 aromatic heterocycles. The number of hydrogen-bond donors (Lipinski definition) is 2. The van der Waals surface area contributed by atoms with Crippen LogP contribution in [-0.2, 0) is 14.3 Å². The predicted molar refractivity (Wildman–Crippen MR) is 48.7 cm³/mol. The van der Waals surface area contributed by atoms with Gasteiger partial charge in [0.25, 0.3) is 5.91 Å². The van der Waals surface area contributed by atoms with E-state index in [-0.39, 0.29) is 5.57 Å². The molecular weight excluding hydrogens is 200 g/mol. The van der Waals surface area contributed by atoms with Gasteiger partial charge in [-0.15, -0.1) is 0 Å². The van der Waals surface area contributed by atoms with E-state index in [2.05, 4.69) is 15.4 Å². The minimum atomic E-state index is -1.20. The molecule has 0 radical (unpaired) electrons. The standard InChI is InChI=1S/C9H10N2O4/c1-15-6(12)5-3-2-4-9(5)7(13)10-8(14)11-9/h3H,2,4H2,1H3,(H2,10,11,13,14)/t9-/m1/s1. The van der Waals surface area contributed by atoms with Gasteiger partial charge in [-0.1, -0.05) is 6.08 Å². The first-order valence-corrected chi connectivity index (χ1v) is 4.53. The molecule has 80 valence electrons. The van der Waals surface area contributed by atoms with E-state index in [1.54, 1.807) is 6.08 Å². The number of urea groups is 1. The molecule has 1 spiro atoms. The maximum atomic E-state index is 11.6. The number of rotatable bonds is 1. The third-order valence-corrected chi connectivity index (χ3v) is 2.67. The number of carbonyl (C=O) groups excluding carboxylic acids is 3. The maximum Gasteiger partial charge on any atom is 0.336 e. The molecule has 6 heteroatoms. The van der Waals surface area contributed by atoms with E-state index >= 15 is 0 Å². The van der Waals surface area contributed by atoms with Crippen LogP contribution < -0.4 is 10.6 Å². The molecule has 0 saturated carbocycles. The quantitative estimate of drug-likeness (QED) is 0.449. The van der Waals surface area contributed by atoms with Crippen LogP contribution in [0.15, 0.2) is 11.6 Å². The summed E-state index contributed by atoms with van der Waals surface area (Å²) in [6.45, 7) is 0. The van der Waals surface area contributed by atoms with Crippen LogP contribution in [0.3, 0.4) is 0 Å². The second-order valence-corrected chi connectivity index (χ2v) is 3.46. The molecule has 0 unspecified atom stereocenters. The van der Waals surface area contributed by atoms with Crippen LogP contribution in [0.4, 0.5) is 4.79 Å². The van der Waals surface area contributed by atoms with Crippen LogP contribution in [0.1, 0.15) is 12.8 Å². The van der Waals surface area contributed by atoms with Gasteiger partial charge in [0, 0.05) is 0 Å². The Kier molecular flexibility index (Phi) is 1.99. The van der Waals surface area contributed by atoms with Gasteiger partial charge < -0.3 is 10.1 Å². The fourth-order valence-electron chi connectivity index (χ4n) is 1.97. The lowest BCUT2D eigenvalue weighted by molar-refractivity contribution is -0.138. The Balaban J connectivity index is 2.37. The number of carbonyl (C=O) groups is 3. The first-order valence-electron chi connectivity index (χ1n) is 4.53. The fraction of sp³-hybridized carbons (Fsp3) is 0.444. The average molecular weight is 210 g/mol. The zero-order valence-electron chi connectivity index (χ0n) is 8.12.